The summed E-state index contributed by atoms with van der Waals surface area (Å²) in [6, 6.07) is 8.51. The van der Waals surface area contributed by atoms with Gasteiger partial charge < -0.3 is 4.90 Å². The molecular formula is C20H24N4. The van der Waals surface area contributed by atoms with Gasteiger partial charge in [0.1, 0.15) is 0 Å². The second-order valence-electron chi connectivity index (χ2n) is 6.90. The molecule has 0 amide bonds. The van der Waals surface area contributed by atoms with Gasteiger partial charge in [-0.25, -0.2) is 0 Å². The van der Waals surface area contributed by atoms with Crippen LogP contribution in [0.1, 0.15) is 41.3 Å². The summed E-state index contributed by atoms with van der Waals surface area (Å²) in [4.78, 5) is 7.31. The molecule has 1 aliphatic heterocycles. The molecule has 0 unspecified atom stereocenters. The molecule has 4 nitrogen and oxygen atoms in total. The second kappa shape index (κ2) is 5.93. The third-order valence-electron chi connectivity index (χ3n) is 5.47. The van der Waals surface area contributed by atoms with Crippen molar-refractivity contribution in [2.24, 2.45) is 0 Å². The van der Waals surface area contributed by atoms with Crippen molar-refractivity contribution >= 4 is 16.6 Å². The Morgan fingerprint density at radius 3 is 2.54 bits per heavy atom. The lowest BCUT2D eigenvalue weighted by Gasteiger charge is -2.35. The van der Waals surface area contributed by atoms with E-state index in [0.29, 0.717) is 5.92 Å². The molecule has 0 radical (unpaired) electrons. The van der Waals surface area contributed by atoms with Crippen LogP contribution >= 0.6 is 0 Å². The van der Waals surface area contributed by atoms with E-state index in [9.17, 15) is 0 Å². The van der Waals surface area contributed by atoms with E-state index in [1.54, 1.807) is 0 Å². The quantitative estimate of drug-likeness (QED) is 0.767. The topological polar surface area (TPSA) is 44.8 Å². The van der Waals surface area contributed by atoms with Crippen LogP contribution in [0, 0.1) is 20.8 Å². The van der Waals surface area contributed by atoms with E-state index in [1.807, 2.05) is 6.20 Å². The molecule has 1 aliphatic rings. The Bertz CT molecular complexity index is 872. The first-order valence-corrected chi connectivity index (χ1v) is 8.76. The van der Waals surface area contributed by atoms with Gasteiger partial charge in [-0.2, -0.15) is 5.10 Å². The highest BCUT2D eigenvalue weighted by molar-refractivity contribution is 5.93. The van der Waals surface area contributed by atoms with Crippen LogP contribution in [0.2, 0.25) is 0 Å². The highest BCUT2D eigenvalue weighted by Crippen LogP contribution is 2.36. The van der Waals surface area contributed by atoms with Crippen LogP contribution in [0.25, 0.3) is 10.9 Å². The third kappa shape index (κ3) is 2.46. The fourth-order valence-electron chi connectivity index (χ4n) is 4.00. The average molecular weight is 320 g/mol. The van der Waals surface area contributed by atoms with Gasteiger partial charge in [-0.15, -0.1) is 0 Å². The van der Waals surface area contributed by atoms with E-state index < -0.39 is 0 Å². The van der Waals surface area contributed by atoms with Gasteiger partial charge in [0.15, 0.2) is 0 Å². The number of benzene rings is 1. The van der Waals surface area contributed by atoms with E-state index in [0.717, 1.165) is 24.3 Å². The zero-order valence-corrected chi connectivity index (χ0v) is 14.6. The number of H-pyrrole nitrogens is 1. The minimum Gasteiger partial charge on any atom is -0.371 e. The molecule has 124 valence electrons. The summed E-state index contributed by atoms with van der Waals surface area (Å²) in [5, 5.41) is 8.55. The fourth-order valence-corrected chi connectivity index (χ4v) is 4.00. The van der Waals surface area contributed by atoms with Crippen LogP contribution < -0.4 is 4.90 Å². The van der Waals surface area contributed by atoms with Crippen molar-refractivity contribution in [3.8, 4) is 0 Å². The Hall–Kier alpha value is -2.36. The lowest BCUT2D eigenvalue weighted by molar-refractivity contribution is 0.504. The molecule has 2 aromatic heterocycles. The van der Waals surface area contributed by atoms with E-state index in [1.165, 1.54) is 40.7 Å². The maximum absolute atomic E-state index is 4.76. The summed E-state index contributed by atoms with van der Waals surface area (Å²) in [6.45, 7) is 8.62. The number of pyridine rings is 1. The molecule has 0 saturated carbocycles. The van der Waals surface area contributed by atoms with Gasteiger partial charge in [0.2, 0.25) is 0 Å². The molecule has 4 heteroatoms. The van der Waals surface area contributed by atoms with E-state index in [-0.39, 0.29) is 0 Å². The number of fused-ring (bicyclic) bond motifs is 1. The first kappa shape index (κ1) is 15.2. The average Bonchev–Trinajstić information content (AvgIpc) is 3.02. The Kier molecular flexibility index (Phi) is 3.75. The number of anilines is 1. The SMILES string of the molecule is Cc1nc2ccccc2c(N2CCC(c3cn[nH]c3C)CC2)c1C. The van der Waals surface area contributed by atoms with Crippen molar-refractivity contribution in [1.82, 2.24) is 15.2 Å². The minimum atomic E-state index is 0.620. The van der Waals surface area contributed by atoms with Crippen LogP contribution in [-0.4, -0.2) is 28.3 Å². The van der Waals surface area contributed by atoms with Crippen LogP contribution in [0.4, 0.5) is 5.69 Å². The van der Waals surface area contributed by atoms with Crippen molar-refractivity contribution < 1.29 is 0 Å². The molecule has 0 bridgehead atoms. The van der Waals surface area contributed by atoms with Crippen molar-refractivity contribution in [3.63, 3.8) is 0 Å². The van der Waals surface area contributed by atoms with Gasteiger partial charge in [-0.3, -0.25) is 10.1 Å². The number of piperidine rings is 1. The van der Waals surface area contributed by atoms with Crippen LogP contribution in [0.15, 0.2) is 30.5 Å². The number of hydrogen-bond donors (Lipinski definition) is 1. The van der Waals surface area contributed by atoms with Gasteiger partial charge in [0.05, 0.1) is 17.4 Å². The smallest absolute Gasteiger partial charge is 0.0726 e. The van der Waals surface area contributed by atoms with Crippen molar-refractivity contribution in [2.45, 2.75) is 39.5 Å². The molecule has 0 aliphatic carbocycles. The number of aryl methyl sites for hydroxylation is 2. The number of hydrogen-bond acceptors (Lipinski definition) is 3. The van der Waals surface area contributed by atoms with Crippen molar-refractivity contribution in [3.05, 3.63) is 53.0 Å². The number of nitrogens with zero attached hydrogens (tertiary/aromatic N) is 3. The predicted octanol–water partition coefficient (Wildman–Crippen LogP) is 4.27. The first-order valence-electron chi connectivity index (χ1n) is 8.76. The van der Waals surface area contributed by atoms with Crippen LogP contribution in [0.3, 0.4) is 0 Å². The van der Waals surface area contributed by atoms with E-state index in [2.05, 4.69) is 60.1 Å². The van der Waals surface area contributed by atoms with Crippen molar-refractivity contribution in [2.75, 3.05) is 18.0 Å². The Morgan fingerprint density at radius 1 is 1.08 bits per heavy atom. The van der Waals surface area contributed by atoms with Gasteiger partial charge >= 0.3 is 0 Å². The molecule has 4 rings (SSSR count). The summed E-state index contributed by atoms with van der Waals surface area (Å²) in [5.74, 6) is 0.620. The molecule has 24 heavy (non-hydrogen) atoms. The maximum atomic E-state index is 4.76. The maximum Gasteiger partial charge on any atom is 0.0726 e. The largest absolute Gasteiger partial charge is 0.371 e. The molecule has 0 spiro atoms. The van der Waals surface area contributed by atoms with Crippen molar-refractivity contribution in [1.29, 1.82) is 0 Å². The molecular weight excluding hydrogens is 296 g/mol. The molecule has 3 aromatic rings. The Balaban J connectivity index is 1.65. The predicted molar refractivity (Wildman–Crippen MR) is 98.7 cm³/mol. The molecule has 3 heterocycles. The van der Waals surface area contributed by atoms with Crippen LogP contribution in [0.5, 0.6) is 0 Å². The molecule has 1 fully saturated rings. The van der Waals surface area contributed by atoms with Gasteiger partial charge in [0.25, 0.3) is 0 Å². The number of aromatic nitrogens is 3. The number of aromatic amines is 1. The summed E-state index contributed by atoms with van der Waals surface area (Å²) < 4.78 is 0. The number of rotatable bonds is 2. The standard InChI is InChI=1S/C20H24N4/c1-13-14(2)22-19-7-5-4-6-17(19)20(13)24-10-8-16(9-11-24)18-12-21-23-15(18)3/h4-7,12,16H,8-11H2,1-3H3,(H,21,23). The van der Waals surface area contributed by atoms with E-state index >= 15 is 0 Å². The Labute approximate surface area is 142 Å². The fraction of sp³-hybridized carbons (Fsp3) is 0.400. The molecule has 0 atom stereocenters. The zero-order valence-electron chi connectivity index (χ0n) is 14.6. The lowest BCUT2D eigenvalue weighted by Crippen LogP contribution is -2.33. The van der Waals surface area contributed by atoms with Gasteiger partial charge in [0, 0.05) is 29.9 Å². The summed E-state index contributed by atoms with van der Waals surface area (Å²) in [6.07, 6.45) is 4.36. The number of nitrogens with one attached hydrogen (secondary N) is 1. The zero-order chi connectivity index (χ0) is 16.7. The molecule has 1 saturated heterocycles. The summed E-state index contributed by atoms with van der Waals surface area (Å²) >= 11 is 0. The van der Waals surface area contributed by atoms with Gasteiger partial charge in [-0.1, -0.05) is 18.2 Å². The molecule has 1 N–H and O–H groups in total. The molecule has 1 aromatic carbocycles. The van der Waals surface area contributed by atoms with Crippen LogP contribution in [-0.2, 0) is 0 Å². The first-order chi connectivity index (χ1) is 11.6. The normalized spacial score (nSPS) is 16.0. The number of para-hydroxylation sites is 1. The highest BCUT2D eigenvalue weighted by Gasteiger charge is 2.25. The second-order valence-corrected chi connectivity index (χ2v) is 6.90. The monoisotopic (exact) mass is 320 g/mol. The minimum absolute atomic E-state index is 0.620. The summed E-state index contributed by atoms with van der Waals surface area (Å²) in [5.41, 5.74) is 7.53. The highest BCUT2D eigenvalue weighted by atomic mass is 15.1. The summed E-state index contributed by atoms with van der Waals surface area (Å²) in [7, 11) is 0. The third-order valence-corrected chi connectivity index (χ3v) is 5.47. The van der Waals surface area contributed by atoms with E-state index in [4.69, 9.17) is 4.98 Å². The Morgan fingerprint density at radius 2 is 1.83 bits per heavy atom. The lowest BCUT2D eigenvalue weighted by atomic mass is 9.89. The van der Waals surface area contributed by atoms with Gasteiger partial charge in [-0.05, 0) is 56.7 Å².